The van der Waals surface area contributed by atoms with E-state index in [1.807, 2.05) is 12.1 Å². The Bertz CT molecular complexity index is 635. The van der Waals surface area contributed by atoms with Gasteiger partial charge in [0.1, 0.15) is 17.7 Å². The van der Waals surface area contributed by atoms with Crippen LogP contribution in [0.4, 0.5) is 10.1 Å². The molecule has 0 fully saturated rings. The Hall–Kier alpha value is -1.26. The summed E-state index contributed by atoms with van der Waals surface area (Å²) in [7, 11) is 0. The molecule has 1 N–H and O–H groups in total. The van der Waals surface area contributed by atoms with Gasteiger partial charge in [0, 0.05) is 21.1 Å². The first-order chi connectivity index (χ1) is 9.13. The van der Waals surface area contributed by atoms with Gasteiger partial charge >= 0.3 is 0 Å². The molecule has 1 aliphatic rings. The minimum absolute atomic E-state index is 0.180. The number of ether oxygens (including phenoxy) is 1. The van der Waals surface area contributed by atoms with Gasteiger partial charge in [-0.15, -0.1) is 0 Å². The molecule has 0 saturated carbocycles. The molecule has 3 rings (SSSR count). The third-order valence-electron chi connectivity index (χ3n) is 3.00. The second kappa shape index (κ2) is 5.02. The molecule has 98 valence electrons. The lowest BCUT2D eigenvalue weighted by atomic mass is 10.1. The molecule has 1 unspecified atom stereocenters. The Kier molecular flexibility index (Phi) is 3.37. The number of benzene rings is 2. The maximum Gasteiger partial charge on any atom is 0.144 e. The van der Waals surface area contributed by atoms with Gasteiger partial charge in [-0.3, -0.25) is 0 Å². The summed E-state index contributed by atoms with van der Waals surface area (Å²) in [5.41, 5.74) is 1.82. The van der Waals surface area contributed by atoms with Crippen molar-refractivity contribution in [2.75, 3.05) is 11.9 Å². The highest BCUT2D eigenvalue weighted by molar-refractivity contribution is 9.10. The smallest absolute Gasteiger partial charge is 0.144 e. The van der Waals surface area contributed by atoms with Crippen LogP contribution in [0.25, 0.3) is 0 Å². The Labute approximate surface area is 123 Å². The molecule has 1 atom stereocenters. The standard InChI is InChI=1S/C14H10BrClFNO/c15-11-6-9(17)2-3-10(11)14-7-18-12-4-1-8(16)5-13(12)19-14/h1-6,14,18H,7H2. The molecular formula is C14H10BrClFNO. The first-order valence-electron chi connectivity index (χ1n) is 5.78. The lowest BCUT2D eigenvalue weighted by Crippen LogP contribution is -2.23. The quantitative estimate of drug-likeness (QED) is 0.805. The average Bonchev–Trinajstić information content (AvgIpc) is 2.38. The van der Waals surface area contributed by atoms with Crippen LogP contribution < -0.4 is 10.1 Å². The molecule has 2 nitrogen and oxygen atoms in total. The van der Waals surface area contributed by atoms with Crippen LogP contribution in [0, 0.1) is 5.82 Å². The minimum atomic E-state index is -0.275. The van der Waals surface area contributed by atoms with Crippen molar-refractivity contribution >= 4 is 33.2 Å². The largest absolute Gasteiger partial charge is 0.482 e. The van der Waals surface area contributed by atoms with Gasteiger partial charge in [0.25, 0.3) is 0 Å². The van der Waals surface area contributed by atoms with E-state index < -0.39 is 0 Å². The zero-order chi connectivity index (χ0) is 13.4. The number of hydrogen-bond donors (Lipinski definition) is 1. The van der Waals surface area contributed by atoms with Crippen molar-refractivity contribution in [3.63, 3.8) is 0 Å². The average molecular weight is 343 g/mol. The molecular weight excluding hydrogens is 333 g/mol. The lowest BCUT2D eigenvalue weighted by Gasteiger charge is -2.28. The van der Waals surface area contributed by atoms with E-state index in [-0.39, 0.29) is 11.9 Å². The van der Waals surface area contributed by atoms with Crippen LogP contribution in [0.15, 0.2) is 40.9 Å². The highest BCUT2D eigenvalue weighted by Gasteiger charge is 2.23. The van der Waals surface area contributed by atoms with Gasteiger partial charge in [-0.1, -0.05) is 33.6 Å². The Morgan fingerprint density at radius 3 is 2.89 bits per heavy atom. The number of rotatable bonds is 1. The predicted molar refractivity (Wildman–Crippen MR) is 77.4 cm³/mol. The van der Waals surface area contributed by atoms with Crippen molar-refractivity contribution < 1.29 is 9.13 Å². The molecule has 0 aromatic heterocycles. The van der Waals surface area contributed by atoms with Crippen molar-refractivity contribution in [3.8, 4) is 5.75 Å². The van der Waals surface area contributed by atoms with Crippen LogP contribution >= 0.6 is 27.5 Å². The number of halogens is 3. The first kappa shape index (κ1) is 12.8. The second-order valence-electron chi connectivity index (χ2n) is 4.29. The molecule has 0 bridgehead atoms. The maximum absolute atomic E-state index is 13.1. The van der Waals surface area contributed by atoms with Gasteiger partial charge in [-0.05, 0) is 24.3 Å². The van der Waals surface area contributed by atoms with Crippen LogP contribution in [-0.2, 0) is 0 Å². The third kappa shape index (κ3) is 2.55. The molecule has 0 spiro atoms. The molecule has 0 radical (unpaired) electrons. The summed E-state index contributed by atoms with van der Waals surface area (Å²) in [6.07, 6.45) is -0.180. The lowest BCUT2D eigenvalue weighted by molar-refractivity contribution is 0.209. The highest BCUT2D eigenvalue weighted by atomic mass is 79.9. The molecule has 0 amide bonds. The summed E-state index contributed by atoms with van der Waals surface area (Å²) in [6, 6.07) is 10.1. The molecule has 5 heteroatoms. The van der Waals surface area contributed by atoms with Crippen molar-refractivity contribution in [2.24, 2.45) is 0 Å². The molecule has 2 aromatic carbocycles. The van der Waals surface area contributed by atoms with Gasteiger partial charge < -0.3 is 10.1 Å². The second-order valence-corrected chi connectivity index (χ2v) is 5.58. The zero-order valence-corrected chi connectivity index (χ0v) is 12.1. The van der Waals surface area contributed by atoms with E-state index in [1.165, 1.54) is 12.1 Å². The van der Waals surface area contributed by atoms with Gasteiger partial charge in [0.15, 0.2) is 0 Å². The summed E-state index contributed by atoms with van der Waals surface area (Å²) in [6.45, 7) is 0.624. The molecule has 19 heavy (non-hydrogen) atoms. The SMILES string of the molecule is Fc1ccc(C2CNc3ccc(Cl)cc3O2)c(Br)c1. The van der Waals surface area contributed by atoms with Crippen LogP contribution in [0.3, 0.4) is 0 Å². The number of hydrogen-bond acceptors (Lipinski definition) is 2. The van der Waals surface area contributed by atoms with Gasteiger partial charge in [0.05, 0.1) is 12.2 Å². The van der Waals surface area contributed by atoms with Gasteiger partial charge in [-0.25, -0.2) is 4.39 Å². The summed E-state index contributed by atoms with van der Waals surface area (Å²) in [5.74, 6) is 0.433. The van der Waals surface area contributed by atoms with Crippen molar-refractivity contribution in [2.45, 2.75) is 6.10 Å². The van der Waals surface area contributed by atoms with Crippen LogP contribution in [0.5, 0.6) is 5.75 Å². The molecule has 0 aliphatic carbocycles. The van der Waals surface area contributed by atoms with Gasteiger partial charge in [-0.2, -0.15) is 0 Å². The number of nitrogens with one attached hydrogen (secondary N) is 1. The van der Waals surface area contributed by atoms with Gasteiger partial charge in [0.2, 0.25) is 0 Å². The fraction of sp³-hybridized carbons (Fsp3) is 0.143. The van der Waals surface area contributed by atoms with E-state index in [0.29, 0.717) is 21.8 Å². The summed E-state index contributed by atoms with van der Waals surface area (Å²) in [5, 5.41) is 3.91. The zero-order valence-electron chi connectivity index (χ0n) is 9.79. The van der Waals surface area contributed by atoms with Crippen LogP contribution in [0.1, 0.15) is 11.7 Å². The van der Waals surface area contributed by atoms with E-state index in [2.05, 4.69) is 21.2 Å². The van der Waals surface area contributed by atoms with E-state index in [9.17, 15) is 4.39 Å². The van der Waals surface area contributed by atoms with Crippen molar-refractivity contribution in [1.29, 1.82) is 0 Å². The molecule has 0 saturated heterocycles. The fourth-order valence-corrected chi connectivity index (χ4v) is 2.84. The summed E-state index contributed by atoms with van der Waals surface area (Å²) >= 11 is 9.32. The molecule has 1 aliphatic heterocycles. The van der Waals surface area contributed by atoms with Crippen molar-refractivity contribution in [1.82, 2.24) is 0 Å². The first-order valence-corrected chi connectivity index (χ1v) is 6.95. The number of fused-ring (bicyclic) bond motifs is 1. The topological polar surface area (TPSA) is 21.3 Å². The summed E-state index contributed by atoms with van der Waals surface area (Å²) in [4.78, 5) is 0. The fourth-order valence-electron chi connectivity index (χ4n) is 2.07. The Balaban J connectivity index is 1.93. The van der Waals surface area contributed by atoms with E-state index in [1.54, 1.807) is 12.1 Å². The molecule has 2 aromatic rings. The Morgan fingerprint density at radius 2 is 2.11 bits per heavy atom. The predicted octanol–water partition coefficient (Wildman–Crippen LogP) is 4.79. The third-order valence-corrected chi connectivity index (χ3v) is 3.92. The minimum Gasteiger partial charge on any atom is -0.482 e. The normalized spacial score (nSPS) is 17.3. The highest BCUT2D eigenvalue weighted by Crippen LogP contribution is 2.37. The van der Waals surface area contributed by atoms with Crippen molar-refractivity contribution in [3.05, 3.63) is 57.3 Å². The molecule has 1 heterocycles. The monoisotopic (exact) mass is 341 g/mol. The number of anilines is 1. The summed E-state index contributed by atoms with van der Waals surface area (Å²) < 4.78 is 19.7. The Morgan fingerprint density at radius 1 is 1.26 bits per heavy atom. The maximum atomic E-state index is 13.1. The van der Waals surface area contributed by atoms with E-state index in [0.717, 1.165) is 11.3 Å². The van der Waals surface area contributed by atoms with E-state index in [4.69, 9.17) is 16.3 Å². The van der Waals surface area contributed by atoms with Crippen LogP contribution in [0.2, 0.25) is 5.02 Å². The van der Waals surface area contributed by atoms with Crippen LogP contribution in [-0.4, -0.2) is 6.54 Å². The van der Waals surface area contributed by atoms with E-state index >= 15 is 0 Å².